The number of benzene rings is 3. The van der Waals surface area contributed by atoms with Crippen molar-refractivity contribution >= 4 is 11.6 Å². The average molecular weight is 427 g/mol. The summed E-state index contributed by atoms with van der Waals surface area (Å²) in [5.74, 6) is 0.809. The van der Waals surface area contributed by atoms with Gasteiger partial charge in [0.2, 0.25) is 11.8 Å². The predicted octanol–water partition coefficient (Wildman–Crippen LogP) is 4.97. The van der Waals surface area contributed by atoms with Crippen LogP contribution < -0.4 is 10.2 Å². The second kappa shape index (κ2) is 9.92. The number of aromatic nitrogens is 2. The average Bonchev–Trinajstić information content (AvgIpc) is 3.33. The van der Waals surface area contributed by atoms with E-state index in [2.05, 4.69) is 39.6 Å². The highest BCUT2D eigenvalue weighted by Crippen LogP contribution is 2.24. The van der Waals surface area contributed by atoms with Crippen molar-refractivity contribution in [2.24, 2.45) is 0 Å². The Morgan fingerprint density at radius 1 is 0.875 bits per heavy atom. The summed E-state index contributed by atoms with van der Waals surface area (Å²) in [6.07, 6.45) is 0.860. The lowest BCUT2D eigenvalue weighted by Crippen LogP contribution is -2.28. The smallest absolute Gasteiger partial charge is 0.251 e. The number of anilines is 1. The van der Waals surface area contributed by atoms with Crippen LogP contribution in [0.25, 0.3) is 22.9 Å². The number of aryl methyl sites for hydroxylation is 1. The van der Waals surface area contributed by atoms with Gasteiger partial charge >= 0.3 is 0 Å². The normalized spacial score (nSPS) is 10.7. The summed E-state index contributed by atoms with van der Waals surface area (Å²) in [5, 5.41) is 11.3. The van der Waals surface area contributed by atoms with E-state index in [-0.39, 0.29) is 5.91 Å². The first-order valence-corrected chi connectivity index (χ1v) is 10.7. The summed E-state index contributed by atoms with van der Waals surface area (Å²) in [4.78, 5) is 14.6. The van der Waals surface area contributed by atoms with Crippen LogP contribution in [0, 0.1) is 6.92 Å². The van der Waals surface area contributed by atoms with Gasteiger partial charge in [0.1, 0.15) is 0 Å². The fourth-order valence-electron chi connectivity index (χ4n) is 3.35. The summed E-state index contributed by atoms with van der Waals surface area (Å²) in [7, 11) is 2.05. The minimum atomic E-state index is -0.0928. The van der Waals surface area contributed by atoms with Gasteiger partial charge in [-0.1, -0.05) is 35.9 Å². The van der Waals surface area contributed by atoms with Crippen molar-refractivity contribution in [1.82, 2.24) is 15.5 Å². The molecule has 1 amide bonds. The fourth-order valence-corrected chi connectivity index (χ4v) is 3.35. The number of rotatable bonds is 8. The molecular formula is C26H26N4O2. The molecule has 3 aromatic carbocycles. The van der Waals surface area contributed by atoms with Crippen LogP contribution in [0.5, 0.6) is 0 Å². The van der Waals surface area contributed by atoms with Crippen molar-refractivity contribution in [2.45, 2.75) is 13.3 Å². The van der Waals surface area contributed by atoms with Gasteiger partial charge in [-0.25, -0.2) is 0 Å². The van der Waals surface area contributed by atoms with Crippen molar-refractivity contribution in [3.8, 4) is 22.9 Å². The molecule has 1 N–H and O–H groups in total. The highest BCUT2D eigenvalue weighted by atomic mass is 16.4. The molecule has 4 aromatic rings. The molecule has 4 rings (SSSR count). The van der Waals surface area contributed by atoms with E-state index in [1.54, 1.807) is 12.1 Å². The van der Waals surface area contributed by atoms with Gasteiger partial charge in [0, 0.05) is 42.5 Å². The Hall–Kier alpha value is -3.93. The number of hydrogen-bond donors (Lipinski definition) is 1. The lowest BCUT2D eigenvalue weighted by molar-refractivity contribution is 0.0953. The zero-order valence-electron chi connectivity index (χ0n) is 18.3. The van der Waals surface area contributed by atoms with E-state index in [0.29, 0.717) is 23.9 Å². The number of nitrogens with zero attached hydrogens (tertiary/aromatic N) is 3. The van der Waals surface area contributed by atoms with Gasteiger partial charge in [0.05, 0.1) is 0 Å². The molecule has 162 valence electrons. The maximum atomic E-state index is 12.4. The maximum absolute atomic E-state index is 12.4. The van der Waals surface area contributed by atoms with E-state index in [0.717, 1.165) is 24.1 Å². The molecule has 0 fully saturated rings. The van der Waals surface area contributed by atoms with Crippen LogP contribution in [0.1, 0.15) is 22.3 Å². The molecule has 0 spiro atoms. The number of para-hydroxylation sites is 1. The summed E-state index contributed by atoms with van der Waals surface area (Å²) in [6, 6.07) is 25.3. The predicted molar refractivity (Wildman–Crippen MR) is 127 cm³/mol. The molecule has 32 heavy (non-hydrogen) atoms. The highest BCUT2D eigenvalue weighted by Gasteiger charge is 2.12. The second-order valence-electron chi connectivity index (χ2n) is 7.72. The largest absolute Gasteiger partial charge is 0.416 e. The molecule has 0 bridgehead atoms. The standard InChI is InChI=1S/C26H26N4O2/c1-19-9-11-21(12-10-19)25-28-29-26(32-25)22-15-13-20(14-16-22)24(31)27-17-6-18-30(2)23-7-4-3-5-8-23/h3-5,7-16H,6,17-18H2,1-2H3,(H,27,31). The summed E-state index contributed by atoms with van der Waals surface area (Å²) in [5.41, 5.74) is 4.59. The molecule has 0 saturated carbocycles. The molecule has 0 radical (unpaired) electrons. The minimum absolute atomic E-state index is 0.0928. The molecule has 1 aromatic heterocycles. The summed E-state index contributed by atoms with van der Waals surface area (Å²) < 4.78 is 5.81. The third-order valence-corrected chi connectivity index (χ3v) is 5.27. The molecule has 0 aliphatic rings. The van der Waals surface area contributed by atoms with E-state index >= 15 is 0 Å². The van der Waals surface area contributed by atoms with Crippen molar-refractivity contribution in [2.75, 3.05) is 25.0 Å². The monoisotopic (exact) mass is 426 g/mol. The molecule has 0 aliphatic heterocycles. The van der Waals surface area contributed by atoms with Crippen LogP contribution in [0.4, 0.5) is 5.69 Å². The summed E-state index contributed by atoms with van der Waals surface area (Å²) >= 11 is 0. The van der Waals surface area contributed by atoms with Gasteiger partial charge in [-0.2, -0.15) is 0 Å². The van der Waals surface area contributed by atoms with Gasteiger partial charge in [-0.3, -0.25) is 4.79 Å². The van der Waals surface area contributed by atoms with Gasteiger partial charge in [-0.05, 0) is 61.9 Å². The Balaban J connectivity index is 1.29. The van der Waals surface area contributed by atoms with E-state index in [4.69, 9.17) is 4.42 Å². The van der Waals surface area contributed by atoms with Gasteiger partial charge < -0.3 is 14.6 Å². The maximum Gasteiger partial charge on any atom is 0.251 e. The van der Waals surface area contributed by atoms with Gasteiger partial charge in [-0.15, -0.1) is 10.2 Å². The van der Waals surface area contributed by atoms with Crippen molar-refractivity contribution in [1.29, 1.82) is 0 Å². The van der Waals surface area contributed by atoms with E-state index < -0.39 is 0 Å². The lowest BCUT2D eigenvalue weighted by atomic mass is 10.1. The van der Waals surface area contributed by atoms with E-state index in [1.807, 2.05) is 61.5 Å². The Kier molecular flexibility index (Phi) is 6.60. The van der Waals surface area contributed by atoms with Crippen molar-refractivity contribution in [3.63, 3.8) is 0 Å². The molecule has 0 saturated heterocycles. The third-order valence-electron chi connectivity index (χ3n) is 5.27. The zero-order chi connectivity index (χ0) is 22.3. The number of nitrogens with one attached hydrogen (secondary N) is 1. The van der Waals surface area contributed by atoms with Crippen LogP contribution in [-0.4, -0.2) is 36.2 Å². The van der Waals surface area contributed by atoms with Crippen molar-refractivity contribution < 1.29 is 9.21 Å². The molecule has 0 atom stereocenters. The van der Waals surface area contributed by atoms with Crippen LogP contribution in [0.3, 0.4) is 0 Å². The molecule has 6 heteroatoms. The number of amides is 1. The Bertz CT molecular complexity index is 1150. The number of carbonyl (C=O) groups is 1. The van der Waals surface area contributed by atoms with Crippen LogP contribution >= 0.6 is 0 Å². The SMILES string of the molecule is Cc1ccc(-c2nnc(-c3ccc(C(=O)NCCCN(C)c4ccccc4)cc3)o2)cc1. The Morgan fingerprint density at radius 2 is 1.47 bits per heavy atom. The zero-order valence-corrected chi connectivity index (χ0v) is 18.3. The minimum Gasteiger partial charge on any atom is -0.416 e. The fraction of sp³-hybridized carbons (Fsp3) is 0.192. The molecule has 0 aliphatic carbocycles. The van der Waals surface area contributed by atoms with E-state index in [1.165, 1.54) is 11.3 Å². The lowest BCUT2D eigenvalue weighted by Gasteiger charge is -2.19. The third kappa shape index (κ3) is 5.21. The topological polar surface area (TPSA) is 71.3 Å². The molecular weight excluding hydrogens is 400 g/mol. The van der Waals surface area contributed by atoms with Gasteiger partial charge in [0.25, 0.3) is 5.91 Å². The molecule has 0 unspecified atom stereocenters. The van der Waals surface area contributed by atoms with Crippen molar-refractivity contribution in [3.05, 3.63) is 90.0 Å². The first-order valence-electron chi connectivity index (χ1n) is 10.7. The van der Waals surface area contributed by atoms with Crippen LogP contribution in [-0.2, 0) is 0 Å². The first kappa shape index (κ1) is 21.3. The second-order valence-corrected chi connectivity index (χ2v) is 7.72. The summed E-state index contributed by atoms with van der Waals surface area (Å²) in [6.45, 7) is 3.51. The van der Waals surface area contributed by atoms with E-state index in [9.17, 15) is 4.79 Å². The van der Waals surface area contributed by atoms with Crippen LogP contribution in [0.2, 0.25) is 0 Å². The Labute approximate surface area is 187 Å². The Morgan fingerprint density at radius 3 is 2.09 bits per heavy atom. The highest BCUT2D eigenvalue weighted by molar-refractivity contribution is 5.94. The quantitative estimate of drug-likeness (QED) is 0.403. The first-order chi connectivity index (χ1) is 15.6. The molecule has 1 heterocycles. The molecule has 6 nitrogen and oxygen atoms in total. The van der Waals surface area contributed by atoms with Crippen LogP contribution in [0.15, 0.2) is 83.3 Å². The number of carbonyl (C=O) groups excluding carboxylic acids is 1. The van der Waals surface area contributed by atoms with Gasteiger partial charge in [0.15, 0.2) is 0 Å². The number of hydrogen-bond acceptors (Lipinski definition) is 5.